The summed E-state index contributed by atoms with van der Waals surface area (Å²) in [5, 5.41) is 0. The Morgan fingerprint density at radius 3 is 2.62 bits per heavy atom. The van der Waals surface area contributed by atoms with Crippen molar-refractivity contribution in [3.05, 3.63) is 35.9 Å². The molecule has 1 N–H and O–H groups in total. The molecule has 3 rings (SSSR count). The van der Waals surface area contributed by atoms with Crippen LogP contribution in [0.1, 0.15) is 50.5 Å². The summed E-state index contributed by atoms with van der Waals surface area (Å²) in [5.41, 5.74) is 3.74. The molecule has 3 unspecified atom stereocenters. The highest BCUT2D eigenvalue weighted by Gasteiger charge is 2.35. The molecule has 3 heteroatoms. The smallest absolute Gasteiger partial charge is 0.246 e. The van der Waals surface area contributed by atoms with Crippen molar-refractivity contribution in [3.63, 3.8) is 0 Å². The van der Waals surface area contributed by atoms with Crippen LogP contribution < -0.4 is 5.48 Å². The van der Waals surface area contributed by atoms with Crippen molar-refractivity contribution in [3.8, 4) is 0 Å². The SMILES string of the molecule is O=C(NOCc1ccccc1)C1CCC2CCCCC2C1. The Morgan fingerprint density at radius 1 is 1.05 bits per heavy atom. The Morgan fingerprint density at radius 2 is 1.81 bits per heavy atom. The van der Waals surface area contributed by atoms with Gasteiger partial charge in [-0.05, 0) is 36.7 Å². The topological polar surface area (TPSA) is 38.3 Å². The first-order valence-corrected chi connectivity index (χ1v) is 8.28. The fourth-order valence-electron chi connectivity index (χ4n) is 3.96. The van der Waals surface area contributed by atoms with Gasteiger partial charge in [0.2, 0.25) is 5.91 Å². The molecule has 0 radical (unpaired) electrons. The molecule has 1 amide bonds. The van der Waals surface area contributed by atoms with Crippen LogP contribution in [0.25, 0.3) is 0 Å². The maximum Gasteiger partial charge on any atom is 0.246 e. The summed E-state index contributed by atoms with van der Waals surface area (Å²) in [6, 6.07) is 9.93. The standard InChI is InChI=1S/C18H25NO2/c20-18(19-21-13-14-6-2-1-3-7-14)17-11-10-15-8-4-5-9-16(15)12-17/h1-3,6-7,15-17H,4-5,8-13H2,(H,19,20). The second-order valence-electron chi connectivity index (χ2n) is 6.56. The van der Waals surface area contributed by atoms with E-state index in [0.717, 1.165) is 30.2 Å². The van der Waals surface area contributed by atoms with E-state index in [9.17, 15) is 4.79 Å². The number of benzene rings is 1. The maximum absolute atomic E-state index is 12.2. The molecule has 0 aliphatic heterocycles. The van der Waals surface area contributed by atoms with E-state index in [2.05, 4.69) is 5.48 Å². The van der Waals surface area contributed by atoms with Crippen LogP contribution in [0.3, 0.4) is 0 Å². The first-order chi connectivity index (χ1) is 10.3. The van der Waals surface area contributed by atoms with Gasteiger partial charge in [-0.1, -0.05) is 56.0 Å². The molecule has 3 nitrogen and oxygen atoms in total. The second-order valence-corrected chi connectivity index (χ2v) is 6.56. The molecule has 1 aromatic rings. The number of hydrogen-bond acceptors (Lipinski definition) is 2. The lowest BCUT2D eigenvalue weighted by molar-refractivity contribution is -0.141. The number of carbonyl (C=O) groups excluding carboxylic acids is 1. The fraction of sp³-hybridized carbons (Fsp3) is 0.611. The summed E-state index contributed by atoms with van der Waals surface area (Å²) in [6.07, 6.45) is 8.75. The Kier molecular flexibility index (Phi) is 4.91. The van der Waals surface area contributed by atoms with Gasteiger partial charge in [0.15, 0.2) is 0 Å². The van der Waals surface area contributed by atoms with E-state index in [1.165, 1.54) is 32.1 Å². The van der Waals surface area contributed by atoms with Crippen LogP contribution in [0.15, 0.2) is 30.3 Å². The lowest BCUT2D eigenvalue weighted by Crippen LogP contribution is -2.37. The van der Waals surface area contributed by atoms with Crippen LogP contribution in [0.2, 0.25) is 0 Å². The van der Waals surface area contributed by atoms with Gasteiger partial charge in [0.1, 0.15) is 0 Å². The minimum Gasteiger partial charge on any atom is -0.272 e. The molecule has 114 valence electrons. The summed E-state index contributed by atoms with van der Waals surface area (Å²) in [7, 11) is 0. The van der Waals surface area contributed by atoms with E-state index in [-0.39, 0.29) is 11.8 Å². The van der Waals surface area contributed by atoms with Crippen molar-refractivity contribution in [2.75, 3.05) is 0 Å². The molecule has 0 bridgehead atoms. The summed E-state index contributed by atoms with van der Waals surface area (Å²) in [6.45, 7) is 0.436. The maximum atomic E-state index is 12.2. The van der Waals surface area contributed by atoms with Gasteiger partial charge in [-0.3, -0.25) is 9.63 Å². The number of rotatable bonds is 4. The van der Waals surface area contributed by atoms with Crippen LogP contribution in [0.5, 0.6) is 0 Å². The van der Waals surface area contributed by atoms with Gasteiger partial charge in [-0.15, -0.1) is 0 Å². The van der Waals surface area contributed by atoms with Gasteiger partial charge in [0.05, 0.1) is 6.61 Å². The van der Waals surface area contributed by atoms with Gasteiger partial charge < -0.3 is 0 Å². The van der Waals surface area contributed by atoms with E-state index >= 15 is 0 Å². The third-order valence-electron chi connectivity index (χ3n) is 5.16. The van der Waals surface area contributed by atoms with Crippen molar-refractivity contribution in [2.24, 2.45) is 17.8 Å². The molecule has 21 heavy (non-hydrogen) atoms. The molecule has 1 aromatic carbocycles. The fourth-order valence-corrected chi connectivity index (χ4v) is 3.96. The minimum absolute atomic E-state index is 0.0787. The molecule has 0 spiro atoms. The Labute approximate surface area is 127 Å². The van der Waals surface area contributed by atoms with E-state index < -0.39 is 0 Å². The number of amides is 1. The van der Waals surface area contributed by atoms with Crippen molar-refractivity contribution in [2.45, 2.75) is 51.6 Å². The molecule has 3 atom stereocenters. The average molecular weight is 287 g/mol. The predicted octanol–water partition coefficient (Wildman–Crippen LogP) is 3.84. The molecule has 2 fully saturated rings. The van der Waals surface area contributed by atoms with Crippen LogP contribution in [0, 0.1) is 17.8 Å². The monoisotopic (exact) mass is 287 g/mol. The van der Waals surface area contributed by atoms with E-state index in [4.69, 9.17) is 4.84 Å². The van der Waals surface area contributed by atoms with Crippen molar-refractivity contribution >= 4 is 5.91 Å². The second kappa shape index (κ2) is 7.08. The highest BCUT2D eigenvalue weighted by Crippen LogP contribution is 2.42. The van der Waals surface area contributed by atoms with Crippen molar-refractivity contribution in [1.29, 1.82) is 0 Å². The first-order valence-electron chi connectivity index (χ1n) is 8.28. The third kappa shape index (κ3) is 3.85. The number of nitrogens with one attached hydrogen (secondary N) is 1. The summed E-state index contributed by atoms with van der Waals surface area (Å²) in [5.74, 6) is 1.89. The molecule has 0 aromatic heterocycles. The normalized spacial score (nSPS) is 28.7. The number of fused-ring (bicyclic) bond motifs is 1. The largest absolute Gasteiger partial charge is 0.272 e. The van der Waals surface area contributed by atoms with E-state index in [1.807, 2.05) is 30.3 Å². The quantitative estimate of drug-likeness (QED) is 0.854. The van der Waals surface area contributed by atoms with Crippen molar-refractivity contribution < 1.29 is 9.63 Å². The molecule has 2 saturated carbocycles. The highest BCUT2D eigenvalue weighted by atomic mass is 16.6. The molecular weight excluding hydrogens is 262 g/mol. The Bertz CT molecular complexity index is 460. The molecule has 2 aliphatic carbocycles. The number of hydroxylamine groups is 1. The Hall–Kier alpha value is -1.35. The summed E-state index contributed by atoms with van der Waals surface area (Å²) in [4.78, 5) is 17.6. The third-order valence-corrected chi connectivity index (χ3v) is 5.16. The van der Waals surface area contributed by atoms with Crippen LogP contribution in [-0.4, -0.2) is 5.91 Å². The number of carbonyl (C=O) groups is 1. The van der Waals surface area contributed by atoms with Gasteiger partial charge in [-0.2, -0.15) is 0 Å². The predicted molar refractivity (Wildman–Crippen MR) is 82.2 cm³/mol. The lowest BCUT2D eigenvalue weighted by atomic mass is 9.67. The first kappa shape index (κ1) is 14.6. The average Bonchev–Trinajstić information content (AvgIpc) is 2.55. The van der Waals surface area contributed by atoms with Crippen molar-refractivity contribution in [1.82, 2.24) is 5.48 Å². The molecule has 2 aliphatic rings. The minimum atomic E-state index is 0.0787. The van der Waals surface area contributed by atoms with Gasteiger partial charge in [0, 0.05) is 5.92 Å². The van der Waals surface area contributed by atoms with Gasteiger partial charge >= 0.3 is 0 Å². The number of hydrogen-bond donors (Lipinski definition) is 1. The zero-order valence-electron chi connectivity index (χ0n) is 12.6. The Balaban J connectivity index is 1.43. The van der Waals surface area contributed by atoms with Gasteiger partial charge in [-0.25, -0.2) is 5.48 Å². The summed E-state index contributed by atoms with van der Waals surface area (Å²) < 4.78 is 0. The molecule has 0 heterocycles. The van der Waals surface area contributed by atoms with Gasteiger partial charge in [0.25, 0.3) is 0 Å². The molecule has 0 saturated heterocycles. The van der Waals surface area contributed by atoms with Crippen LogP contribution in [-0.2, 0) is 16.2 Å². The zero-order valence-corrected chi connectivity index (χ0v) is 12.6. The molecular formula is C18H25NO2. The summed E-state index contributed by atoms with van der Waals surface area (Å²) >= 11 is 0. The van der Waals surface area contributed by atoms with E-state index in [1.54, 1.807) is 0 Å². The lowest BCUT2D eigenvalue weighted by Gasteiger charge is -2.38. The highest BCUT2D eigenvalue weighted by molar-refractivity contribution is 5.77. The van der Waals surface area contributed by atoms with Crippen LogP contribution in [0.4, 0.5) is 0 Å². The van der Waals surface area contributed by atoms with Crippen LogP contribution >= 0.6 is 0 Å². The zero-order chi connectivity index (χ0) is 14.5. The van der Waals surface area contributed by atoms with E-state index in [0.29, 0.717) is 6.61 Å².